The molecule has 3 aromatic rings. The van der Waals surface area contributed by atoms with Crippen LogP contribution in [-0.2, 0) is 10.0 Å². The van der Waals surface area contributed by atoms with E-state index in [1.165, 1.54) is 0 Å². The number of benzene rings is 2. The fourth-order valence-electron chi connectivity index (χ4n) is 3.46. The number of hydrogen-bond acceptors (Lipinski definition) is 5. The number of carbonyl (C=O) groups excluding carboxylic acids is 1. The molecule has 166 valence electrons. The van der Waals surface area contributed by atoms with Crippen molar-refractivity contribution < 1.29 is 30.8 Å². The summed E-state index contributed by atoms with van der Waals surface area (Å²) in [7, 11) is -4.78. The minimum atomic E-state index is -4.78. The maximum atomic E-state index is 15.1. The second-order valence-corrected chi connectivity index (χ2v) is 8.86. The van der Waals surface area contributed by atoms with Crippen LogP contribution < -0.4 is 10.0 Å². The van der Waals surface area contributed by atoms with Crippen molar-refractivity contribution in [3.63, 3.8) is 0 Å². The largest absolute Gasteiger partial charge is 0.369 e. The molecule has 2 heterocycles. The minimum absolute atomic E-state index is 0.0496. The van der Waals surface area contributed by atoms with Crippen LogP contribution in [0.5, 0.6) is 0 Å². The molecule has 0 spiro atoms. The number of ketones is 1. The van der Waals surface area contributed by atoms with E-state index in [1.54, 1.807) is 23.9 Å². The lowest BCUT2D eigenvalue weighted by atomic mass is 9.92. The standard InChI is InChI=1S/C21H15F4N3O3S/c1-10-6-12-13(9-27-21(12)26-8-10)20(29)18-15(24)4-5-16(19(18)25)28-32(30,31)17-7-11(22)2-3-14(17)23/h2-8,13,28H,9H2,1H3,(H,26,27). The van der Waals surface area contributed by atoms with Crippen LogP contribution in [0, 0.1) is 30.2 Å². The predicted molar refractivity (Wildman–Crippen MR) is 108 cm³/mol. The fourth-order valence-corrected chi connectivity index (χ4v) is 4.61. The Morgan fingerprint density at radius 3 is 2.56 bits per heavy atom. The monoisotopic (exact) mass is 465 g/mol. The summed E-state index contributed by atoms with van der Waals surface area (Å²) in [5.41, 5.74) is -0.538. The van der Waals surface area contributed by atoms with Gasteiger partial charge in [-0.05, 0) is 42.8 Å². The number of Topliss-reactive ketones (excluding diaryl/α,β-unsaturated/α-hetero) is 1. The van der Waals surface area contributed by atoms with Crippen LogP contribution in [0.15, 0.2) is 47.5 Å². The zero-order valence-electron chi connectivity index (χ0n) is 16.4. The van der Waals surface area contributed by atoms with E-state index in [0.717, 1.165) is 11.6 Å². The summed E-state index contributed by atoms with van der Waals surface area (Å²) >= 11 is 0. The maximum absolute atomic E-state index is 15.1. The molecule has 2 N–H and O–H groups in total. The Morgan fingerprint density at radius 2 is 1.81 bits per heavy atom. The first kappa shape index (κ1) is 21.8. The fraction of sp³-hybridized carbons (Fsp3) is 0.143. The molecule has 11 heteroatoms. The van der Waals surface area contributed by atoms with Gasteiger partial charge in [-0.2, -0.15) is 0 Å². The Balaban J connectivity index is 1.72. The topological polar surface area (TPSA) is 88.2 Å². The number of hydrogen-bond donors (Lipinski definition) is 2. The molecular formula is C21H15F4N3O3S. The van der Waals surface area contributed by atoms with Gasteiger partial charge in [0.25, 0.3) is 10.0 Å². The Hall–Kier alpha value is -3.47. The molecule has 0 bridgehead atoms. The quantitative estimate of drug-likeness (QED) is 0.437. The highest BCUT2D eigenvalue weighted by Crippen LogP contribution is 2.35. The first-order valence-corrected chi connectivity index (χ1v) is 10.8. The van der Waals surface area contributed by atoms with Gasteiger partial charge in [0.15, 0.2) is 11.6 Å². The average Bonchev–Trinajstić information content (AvgIpc) is 3.15. The molecule has 0 amide bonds. The number of sulfonamides is 1. The summed E-state index contributed by atoms with van der Waals surface area (Å²) in [6.45, 7) is 1.79. The van der Waals surface area contributed by atoms with Crippen LogP contribution in [0.3, 0.4) is 0 Å². The van der Waals surface area contributed by atoms with Gasteiger partial charge in [-0.25, -0.2) is 31.0 Å². The number of aryl methyl sites for hydroxylation is 1. The van der Waals surface area contributed by atoms with Crippen molar-refractivity contribution in [3.05, 3.63) is 82.6 Å². The smallest absolute Gasteiger partial charge is 0.265 e. The van der Waals surface area contributed by atoms with E-state index >= 15 is 4.39 Å². The molecular weight excluding hydrogens is 450 g/mol. The lowest BCUT2D eigenvalue weighted by molar-refractivity contribution is 0.0958. The van der Waals surface area contributed by atoms with Gasteiger partial charge in [0.1, 0.15) is 28.2 Å². The van der Waals surface area contributed by atoms with E-state index in [1.807, 2.05) is 0 Å². The van der Waals surface area contributed by atoms with Crippen molar-refractivity contribution in [2.45, 2.75) is 17.7 Å². The Labute approximate surface area is 180 Å². The molecule has 0 aliphatic carbocycles. The third-order valence-corrected chi connectivity index (χ3v) is 6.36. The lowest BCUT2D eigenvalue weighted by Gasteiger charge is -2.15. The number of anilines is 2. The molecule has 6 nitrogen and oxygen atoms in total. The van der Waals surface area contributed by atoms with E-state index in [-0.39, 0.29) is 6.54 Å². The average molecular weight is 465 g/mol. The normalized spacial score (nSPS) is 15.2. The predicted octanol–water partition coefficient (Wildman–Crippen LogP) is 4.14. The molecule has 1 aromatic heterocycles. The first-order chi connectivity index (χ1) is 15.1. The van der Waals surface area contributed by atoms with Crippen molar-refractivity contribution in [3.8, 4) is 0 Å². The number of nitrogens with zero attached hydrogens (tertiary/aromatic N) is 1. The van der Waals surface area contributed by atoms with Crippen molar-refractivity contribution in [2.75, 3.05) is 16.6 Å². The number of aromatic nitrogens is 1. The highest BCUT2D eigenvalue weighted by Gasteiger charge is 2.34. The zero-order chi connectivity index (χ0) is 23.2. The molecule has 1 aliphatic rings. The molecule has 0 saturated carbocycles. The highest BCUT2D eigenvalue weighted by atomic mass is 32.2. The number of halogens is 4. The molecule has 1 unspecified atom stereocenters. The molecule has 1 atom stereocenters. The maximum Gasteiger partial charge on any atom is 0.265 e. The summed E-state index contributed by atoms with van der Waals surface area (Å²) < 4.78 is 83.6. The van der Waals surface area contributed by atoms with Gasteiger partial charge in [0.05, 0.1) is 17.2 Å². The van der Waals surface area contributed by atoms with Gasteiger partial charge in [-0.1, -0.05) is 6.07 Å². The van der Waals surface area contributed by atoms with Gasteiger partial charge in [0.2, 0.25) is 0 Å². The molecule has 0 saturated heterocycles. The number of rotatable bonds is 5. The zero-order valence-corrected chi connectivity index (χ0v) is 17.2. The summed E-state index contributed by atoms with van der Waals surface area (Å²) in [6.07, 6.45) is 1.57. The van der Waals surface area contributed by atoms with E-state index in [2.05, 4.69) is 10.3 Å². The number of carbonyl (C=O) groups is 1. The number of fused-ring (bicyclic) bond motifs is 1. The van der Waals surface area contributed by atoms with E-state index < -0.39 is 61.1 Å². The van der Waals surface area contributed by atoms with Gasteiger partial charge in [-0.3, -0.25) is 9.52 Å². The second-order valence-electron chi connectivity index (χ2n) is 7.21. The van der Waals surface area contributed by atoms with Crippen molar-refractivity contribution >= 4 is 27.3 Å². The minimum Gasteiger partial charge on any atom is -0.369 e. The van der Waals surface area contributed by atoms with Crippen molar-refractivity contribution in [2.24, 2.45) is 0 Å². The van der Waals surface area contributed by atoms with E-state index in [9.17, 15) is 26.4 Å². The first-order valence-electron chi connectivity index (χ1n) is 9.29. The van der Waals surface area contributed by atoms with Gasteiger partial charge in [0, 0.05) is 18.3 Å². The molecule has 0 radical (unpaired) electrons. The molecule has 32 heavy (non-hydrogen) atoms. The Kier molecular flexibility index (Phi) is 5.37. The molecule has 4 rings (SSSR count). The molecule has 0 fully saturated rings. The summed E-state index contributed by atoms with van der Waals surface area (Å²) in [5, 5.41) is 2.89. The number of pyridine rings is 1. The van der Waals surface area contributed by atoms with Gasteiger partial charge in [-0.15, -0.1) is 0 Å². The van der Waals surface area contributed by atoms with E-state index in [4.69, 9.17) is 0 Å². The van der Waals surface area contributed by atoms with Gasteiger partial charge < -0.3 is 5.32 Å². The summed E-state index contributed by atoms with van der Waals surface area (Å²) in [4.78, 5) is 16.1. The van der Waals surface area contributed by atoms with Crippen LogP contribution in [0.4, 0.5) is 29.1 Å². The molecule has 2 aromatic carbocycles. The van der Waals surface area contributed by atoms with Gasteiger partial charge >= 0.3 is 0 Å². The second kappa shape index (κ2) is 7.90. The van der Waals surface area contributed by atoms with Crippen LogP contribution in [-0.4, -0.2) is 25.7 Å². The Morgan fingerprint density at radius 1 is 1.09 bits per heavy atom. The van der Waals surface area contributed by atoms with Crippen LogP contribution in [0.1, 0.15) is 27.4 Å². The SMILES string of the molecule is Cc1cnc2c(c1)C(C(=O)c1c(F)ccc(NS(=O)(=O)c3cc(F)ccc3F)c1F)CN2. The summed E-state index contributed by atoms with van der Waals surface area (Å²) in [5.74, 6) is -6.42. The van der Waals surface area contributed by atoms with E-state index in [0.29, 0.717) is 35.6 Å². The van der Waals surface area contributed by atoms with Crippen LogP contribution in [0.2, 0.25) is 0 Å². The van der Waals surface area contributed by atoms with Crippen molar-refractivity contribution in [1.82, 2.24) is 4.98 Å². The van der Waals surface area contributed by atoms with Crippen LogP contribution >= 0.6 is 0 Å². The van der Waals surface area contributed by atoms with Crippen molar-refractivity contribution in [1.29, 1.82) is 0 Å². The Bertz CT molecular complexity index is 1360. The summed E-state index contributed by atoms with van der Waals surface area (Å²) in [6, 6.07) is 4.87. The number of nitrogens with one attached hydrogen (secondary N) is 2. The third kappa shape index (κ3) is 3.79. The lowest BCUT2D eigenvalue weighted by Crippen LogP contribution is -2.20. The van der Waals surface area contributed by atoms with Crippen LogP contribution in [0.25, 0.3) is 0 Å². The highest BCUT2D eigenvalue weighted by molar-refractivity contribution is 7.92. The third-order valence-electron chi connectivity index (χ3n) is 4.98. The molecule has 1 aliphatic heterocycles.